The fourth-order valence-electron chi connectivity index (χ4n) is 3.56. The Morgan fingerprint density at radius 1 is 0.694 bits per heavy atom. The van der Waals surface area contributed by atoms with Crippen LogP contribution in [0, 0.1) is 0 Å². The van der Waals surface area contributed by atoms with Crippen LogP contribution in [0.15, 0.2) is 0 Å². The molecule has 0 aromatic carbocycles. The number of rotatable bonds is 11. The second-order valence-corrected chi connectivity index (χ2v) is 8.32. The Bertz CT molecular complexity index is 748. The molecule has 0 spiro atoms. The van der Waals surface area contributed by atoms with Crippen LogP contribution in [-0.2, 0) is 33.6 Å². The first-order chi connectivity index (χ1) is 17.0. The van der Waals surface area contributed by atoms with Crippen molar-refractivity contribution in [2.75, 3.05) is 78.5 Å². The van der Waals surface area contributed by atoms with Crippen molar-refractivity contribution in [3.8, 4) is 0 Å². The Kier molecular flexibility index (Phi) is 14.2. The minimum absolute atomic E-state index is 0.0168. The van der Waals surface area contributed by atoms with E-state index in [-0.39, 0.29) is 91.4 Å². The third kappa shape index (κ3) is 13.1. The van der Waals surface area contributed by atoms with Crippen molar-refractivity contribution in [1.29, 1.82) is 0 Å². The van der Waals surface area contributed by atoms with Gasteiger partial charge in [-0.2, -0.15) is 0 Å². The highest BCUT2D eigenvalue weighted by Gasteiger charge is 2.23. The number of nitrogens with zero attached hydrogens (tertiary/aromatic N) is 5. The van der Waals surface area contributed by atoms with Gasteiger partial charge in [-0.3, -0.25) is 43.6 Å². The molecule has 204 valence electrons. The van der Waals surface area contributed by atoms with Crippen molar-refractivity contribution in [3.63, 3.8) is 0 Å². The molecule has 15 heteroatoms. The second-order valence-electron chi connectivity index (χ2n) is 8.32. The average Bonchev–Trinajstić information content (AvgIpc) is 2.78. The molecule has 1 heterocycles. The van der Waals surface area contributed by atoms with Gasteiger partial charge in [-0.25, -0.2) is 4.79 Å². The molecule has 1 aliphatic rings. The number of carboxylic acids is 3. The standard InChI is InChI=1S/C21H35N5O10/c1-2-3-17(28)26(16-27)36-21(35)15-25-10-8-23(13-19(31)32)6-4-22(12-18(29)30)5-7-24(9-11-25)14-20(33)34/h16H,2-15H2,1H3,(H,29,30)(H,31,32)(H,33,34). The number of hydroxylamine groups is 2. The number of hydrogen-bond donors (Lipinski definition) is 3. The first-order valence-corrected chi connectivity index (χ1v) is 11.6. The van der Waals surface area contributed by atoms with Gasteiger partial charge in [-0.15, -0.1) is 5.06 Å². The van der Waals surface area contributed by atoms with E-state index in [0.29, 0.717) is 11.5 Å². The molecule has 1 aliphatic heterocycles. The summed E-state index contributed by atoms with van der Waals surface area (Å²) in [4.78, 5) is 80.6. The smallest absolute Gasteiger partial charge is 0.347 e. The van der Waals surface area contributed by atoms with Gasteiger partial charge in [0.25, 0.3) is 12.3 Å². The zero-order valence-electron chi connectivity index (χ0n) is 20.4. The molecule has 0 unspecified atom stereocenters. The van der Waals surface area contributed by atoms with Crippen molar-refractivity contribution in [2.45, 2.75) is 19.8 Å². The minimum Gasteiger partial charge on any atom is -0.480 e. The zero-order chi connectivity index (χ0) is 27.1. The van der Waals surface area contributed by atoms with Gasteiger partial charge >= 0.3 is 23.9 Å². The summed E-state index contributed by atoms with van der Waals surface area (Å²) in [6.07, 6.45) is 0.580. The first kappa shape index (κ1) is 30.9. The quantitative estimate of drug-likeness (QED) is 0.196. The fourth-order valence-corrected chi connectivity index (χ4v) is 3.56. The van der Waals surface area contributed by atoms with Gasteiger partial charge < -0.3 is 20.2 Å². The SMILES string of the molecule is CCCC(=O)N(C=O)OC(=O)CN1CCN(CC(=O)O)CCN(CC(=O)O)CCN(CC(=O)O)CC1. The maximum atomic E-state index is 12.4. The molecule has 0 aromatic heterocycles. The number of imide groups is 1. The highest BCUT2D eigenvalue weighted by molar-refractivity contribution is 5.86. The Balaban J connectivity index is 2.98. The Morgan fingerprint density at radius 3 is 1.31 bits per heavy atom. The molecule has 0 aromatic rings. The molecule has 1 saturated heterocycles. The van der Waals surface area contributed by atoms with E-state index in [1.165, 1.54) is 0 Å². The summed E-state index contributed by atoms with van der Waals surface area (Å²) in [5.74, 6) is -4.73. The molecule has 2 amide bonds. The van der Waals surface area contributed by atoms with Gasteiger partial charge in [0, 0.05) is 58.8 Å². The molecule has 15 nitrogen and oxygen atoms in total. The molecule has 0 aliphatic carbocycles. The monoisotopic (exact) mass is 517 g/mol. The van der Waals surface area contributed by atoms with Gasteiger partial charge in [0.15, 0.2) is 0 Å². The molecule has 3 N–H and O–H groups in total. The molecule has 36 heavy (non-hydrogen) atoms. The molecule has 0 saturated carbocycles. The predicted octanol–water partition coefficient (Wildman–Crippen LogP) is -2.29. The maximum Gasteiger partial charge on any atom is 0.347 e. The Labute approximate surface area is 208 Å². The lowest BCUT2D eigenvalue weighted by Gasteiger charge is -2.32. The third-order valence-corrected chi connectivity index (χ3v) is 5.36. The number of aliphatic carboxylic acids is 3. The van der Waals surface area contributed by atoms with Crippen molar-refractivity contribution < 1.29 is 48.9 Å². The summed E-state index contributed by atoms with van der Waals surface area (Å²) in [7, 11) is 0. The van der Waals surface area contributed by atoms with E-state index < -0.39 is 29.8 Å². The van der Waals surface area contributed by atoms with Crippen LogP contribution in [0.2, 0.25) is 0 Å². The predicted molar refractivity (Wildman–Crippen MR) is 123 cm³/mol. The Morgan fingerprint density at radius 2 is 1.03 bits per heavy atom. The summed E-state index contributed by atoms with van der Waals surface area (Å²) in [6, 6.07) is 0. The third-order valence-electron chi connectivity index (χ3n) is 5.36. The summed E-state index contributed by atoms with van der Waals surface area (Å²) >= 11 is 0. The second kappa shape index (κ2) is 16.5. The number of carbonyl (C=O) groups is 6. The zero-order valence-corrected chi connectivity index (χ0v) is 20.4. The van der Waals surface area contributed by atoms with Gasteiger partial charge in [0.1, 0.15) is 0 Å². The van der Waals surface area contributed by atoms with Crippen molar-refractivity contribution >= 4 is 36.2 Å². The van der Waals surface area contributed by atoms with Crippen LogP contribution in [0.1, 0.15) is 19.8 Å². The average molecular weight is 518 g/mol. The highest BCUT2D eigenvalue weighted by Crippen LogP contribution is 2.03. The van der Waals surface area contributed by atoms with Crippen LogP contribution in [0.4, 0.5) is 0 Å². The van der Waals surface area contributed by atoms with Crippen LogP contribution in [0.3, 0.4) is 0 Å². The summed E-state index contributed by atoms with van der Waals surface area (Å²) in [6.45, 7) is 2.33. The molecule has 0 radical (unpaired) electrons. The van der Waals surface area contributed by atoms with E-state index in [1.54, 1.807) is 26.5 Å². The van der Waals surface area contributed by atoms with Gasteiger partial charge in [0.05, 0.1) is 26.2 Å². The Hall–Kier alpha value is -3.14. The van der Waals surface area contributed by atoms with E-state index in [4.69, 9.17) is 4.84 Å². The summed E-state index contributed by atoms with van der Waals surface area (Å²) in [5.41, 5.74) is 0. The van der Waals surface area contributed by atoms with Crippen LogP contribution in [-0.4, -0.2) is 155 Å². The number of amides is 2. The van der Waals surface area contributed by atoms with Crippen LogP contribution in [0.5, 0.6) is 0 Å². The van der Waals surface area contributed by atoms with Gasteiger partial charge in [0.2, 0.25) is 0 Å². The maximum absolute atomic E-state index is 12.4. The van der Waals surface area contributed by atoms with E-state index in [2.05, 4.69) is 0 Å². The van der Waals surface area contributed by atoms with Crippen molar-refractivity contribution in [1.82, 2.24) is 24.7 Å². The lowest BCUT2D eigenvalue weighted by Crippen LogP contribution is -2.49. The van der Waals surface area contributed by atoms with Gasteiger partial charge in [-0.05, 0) is 6.42 Å². The molecule has 1 rings (SSSR count). The van der Waals surface area contributed by atoms with Crippen molar-refractivity contribution in [2.24, 2.45) is 0 Å². The molecule has 1 fully saturated rings. The number of carboxylic acid groups (broad SMARTS) is 3. The van der Waals surface area contributed by atoms with Gasteiger partial charge in [-0.1, -0.05) is 6.92 Å². The van der Waals surface area contributed by atoms with Crippen LogP contribution < -0.4 is 0 Å². The lowest BCUT2D eigenvalue weighted by atomic mass is 10.3. The lowest BCUT2D eigenvalue weighted by molar-refractivity contribution is -0.197. The summed E-state index contributed by atoms with van der Waals surface area (Å²) in [5, 5.41) is 28.0. The fraction of sp³-hybridized carbons (Fsp3) is 0.714. The van der Waals surface area contributed by atoms with Crippen LogP contribution in [0.25, 0.3) is 0 Å². The molecule has 0 bridgehead atoms. The van der Waals surface area contributed by atoms with E-state index in [9.17, 15) is 44.1 Å². The molecule has 0 atom stereocenters. The van der Waals surface area contributed by atoms with E-state index in [0.717, 1.165) is 0 Å². The summed E-state index contributed by atoms with van der Waals surface area (Å²) < 4.78 is 0. The number of carbonyl (C=O) groups excluding carboxylic acids is 3. The topological polar surface area (TPSA) is 189 Å². The van der Waals surface area contributed by atoms with Crippen LogP contribution >= 0.6 is 0 Å². The van der Waals surface area contributed by atoms with Crippen molar-refractivity contribution in [3.05, 3.63) is 0 Å². The molecular formula is C21H35N5O10. The number of hydrogen-bond acceptors (Lipinski definition) is 11. The molecular weight excluding hydrogens is 482 g/mol. The first-order valence-electron chi connectivity index (χ1n) is 11.6. The minimum atomic E-state index is -1.07. The van der Waals surface area contributed by atoms with E-state index >= 15 is 0 Å². The largest absolute Gasteiger partial charge is 0.480 e. The van der Waals surface area contributed by atoms with E-state index in [1.807, 2.05) is 0 Å². The normalized spacial score (nSPS) is 17.4. The highest BCUT2D eigenvalue weighted by atomic mass is 16.7.